The second kappa shape index (κ2) is 11.3. The second-order valence-electron chi connectivity index (χ2n) is 13.3. The average molecular weight is 684 g/mol. The van der Waals surface area contributed by atoms with Crippen LogP contribution in [0.3, 0.4) is 0 Å². The zero-order valence-corrected chi connectivity index (χ0v) is 29.1. The van der Waals surface area contributed by atoms with Gasteiger partial charge in [-0.05, 0) is 75.8 Å². The minimum Gasteiger partial charge on any atom is -0.308 e. The lowest BCUT2D eigenvalue weighted by atomic mass is 9.98. The van der Waals surface area contributed by atoms with E-state index in [2.05, 4.69) is 180 Å². The molecule has 0 atom stereocenters. The summed E-state index contributed by atoms with van der Waals surface area (Å²) in [7, 11) is 0. The van der Waals surface area contributed by atoms with E-state index in [4.69, 9.17) is 0 Å². The Kier molecular flexibility index (Phi) is 6.36. The van der Waals surface area contributed by atoms with Crippen LogP contribution in [0.25, 0.3) is 101 Å². The number of fused-ring (bicyclic) bond motifs is 10. The fourth-order valence-electron chi connectivity index (χ4n) is 8.00. The van der Waals surface area contributed by atoms with Gasteiger partial charge in [0.2, 0.25) is 0 Å². The van der Waals surface area contributed by atoms with Crippen LogP contribution in [0.4, 0.5) is 0 Å². The van der Waals surface area contributed by atoms with Crippen LogP contribution in [0, 0.1) is 0 Å². The molecule has 0 bridgehead atoms. The third-order valence-corrected chi connectivity index (χ3v) is 12.8. The summed E-state index contributed by atoms with van der Waals surface area (Å²) in [4.78, 5) is 0. The largest absolute Gasteiger partial charge is 0.308 e. The summed E-state index contributed by atoms with van der Waals surface area (Å²) < 4.78 is 7.83. The Hall–Kier alpha value is -6.00. The van der Waals surface area contributed by atoms with E-state index in [-0.39, 0.29) is 0 Å². The molecule has 3 aromatic heterocycles. The molecule has 8 aromatic carbocycles. The van der Waals surface area contributed by atoms with Crippen LogP contribution >= 0.6 is 22.7 Å². The highest BCUT2D eigenvalue weighted by molar-refractivity contribution is 7.27. The molecule has 11 aromatic rings. The summed E-state index contributed by atoms with van der Waals surface area (Å²) in [6, 6.07) is 64.8. The van der Waals surface area contributed by atoms with Gasteiger partial charge in [-0.25, -0.2) is 0 Å². The Morgan fingerprint density at radius 2 is 0.902 bits per heavy atom. The number of hydrogen-bond acceptors (Lipinski definition) is 2. The maximum absolute atomic E-state index is 2.50. The summed E-state index contributed by atoms with van der Waals surface area (Å²) in [5.41, 5.74) is 11.1. The average Bonchev–Trinajstić information content (AvgIpc) is 3.88. The van der Waals surface area contributed by atoms with Crippen LogP contribution in [0.5, 0.6) is 0 Å². The van der Waals surface area contributed by atoms with E-state index in [1.54, 1.807) is 0 Å². The molecule has 0 fully saturated rings. The van der Waals surface area contributed by atoms with Gasteiger partial charge in [0.15, 0.2) is 0 Å². The number of hydrogen-bond donors (Lipinski definition) is 0. The molecule has 238 valence electrons. The van der Waals surface area contributed by atoms with E-state index in [0.29, 0.717) is 0 Å². The van der Waals surface area contributed by atoms with Gasteiger partial charge in [0.1, 0.15) is 0 Å². The maximum atomic E-state index is 2.50. The Morgan fingerprint density at radius 3 is 1.69 bits per heavy atom. The first-order chi connectivity index (χ1) is 25.3. The molecule has 1 nitrogen and oxygen atoms in total. The van der Waals surface area contributed by atoms with Crippen molar-refractivity contribution in [3.05, 3.63) is 176 Å². The molecule has 11 rings (SSSR count). The lowest BCUT2D eigenvalue weighted by Gasteiger charge is -2.11. The number of thiophene rings is 2. The van der Waals surface area contributed by atoms with E-state index in [1.165, 1.54) is 101 Å². The Balaban J connectivity index is 1.12. The predicted molar refractivity (Wildman–Crippen MR) is 223 cm³/mol. The third kappa shape index (κ3) is 4.45. The summed E-state index contributed by atoms with van der Waals surface area (Å²) >= 11 is 3.79. The van der Waals surface area contributed by atoms with Gasteiger partial charge >= 0.3 is 0 Å². The first-order valence-electron chi connectivity index (χ1n) is 17.3. The van der Waals surface area contributed by atoms with Crippen molar-refractivity contribution < 1.29 is 0 Å². The van der Waals surface area contributed by atoms with Crippen molar-refractivity contribution in [3.63, 3.8) is 0 Å². The molecule has 0 saturated carbocycles. The molecule has 0 saturated heterocycles. The van der Waals surface area contributed by atoms with Crippen molar-refractivity contribution in [1.82, 2.24) is 4.57 Å². The minimum atomic E-state index is 1.17. The quantitative estimate of drug-likeness (QED) is 0.174. The van der Waals surface area contributed by atoms with Gasteiger partial charge in [-0.1, -0.05) is 133 Å². The summed E-state index contributed by atoms with van der Waals surface area (Å²) in [6.07, 6.45) is 0. The van der Waals surface area contributed by atoms with Crippen LogP contribution in [0.1, 0.15) is 0 Å². The Bertz CT molecular complexity index is 3120. The summed E-state index contributed by atoms with van der Waals surface area (Å²) in [6.45, 7) is 0. The van der Waals surface area contributed by atoms with Gasteiger partial charge in [0.05, 0.1) is 15.7 Å². The molecule has 3 heterocycles. The minimum absolute atomic E-state index is 1.17. The molecule has 0 radical (unpaired) electrons. The summed E-state index contributed by atoms with van der Waals surface area (Å²) in [5, 5.41) is 7.85. The lowest BCUT2D eigenvalue weighted by molar-refractivity contribution is 1.19. The molecule has 0 aliphatic rings. The number of rotatable bonds is 4. The van der Waals surface area contributed by atoms with E-state index >= 15 is 0 Å². The van der Waals surface area contributed by atoms with Crippen LogP contribution in [0.15, 0.2) is 176 Å². The molecular formula is C48H29NS2. The van der Waals surface area contributed by atoms with Crippen LogP contribution < -0.4 is 0 Å². The van der Waals surface area contributed by atoms with Crippen LogP contribution in [-0.2, 0) is 0 Å². The molecule has 3 heteroatoms. The highest BCUT2D eigenvalue weighted by Gasteiger charge is 2.19. The van der Waals surface area contributed by atoms with Crippen molar-refractivity contribution in [2.45, 2.75) is 0 Å². The van der Waals surface area contributed by atoms with Crippen LogP contribution in [0.2, 0.25) is 0 Å². The topological polar surface area (TPSA) is 4.93 Å². The first-order valence-corrected chi connectivity index (χ1v) is 19.0. The fourth-order valence-corrected chi connectivity index (χ4v) is 10.5. The molecule has 51 heavy (non-hydrogen) atoms. The molecule has 0 N–H and O–H groups in total. The normalized spacial score (nSPS) is 11.9. The first kappa shape index (κ1) is 28.8. The van der Waals surface area contributed by atoms with Gasteiger partial charge in [-0.2, -0.15) is 0 Å². The number of aromatic nitrogens is 1. The van der Waals surface area contributed by atoms with Crippen molar-refractivity contribution in [3.8, 4) is 39.1 Å². The smallest absolute Gasteiger partial charge is 0.0719 e. The van der Waals surface area contributed by atoms with Crippen molar-refractivity contribution in [1.29, 1.82) is 0 Å². The summed E-state index contributed by atoms with van der Waals surface area (Å²) in [5.74, 6) is 0. The van der Waals surface area contributed by atoms with E-state index in [9.17, 15) is 0 Å². The maximum Gasteiger partial charge on any atom is 0.0719 e. The van der Waals surface area contributed by atoms with E-state index in [0.717, 1.165) is 0 Å². The third-order valence-electron chi connectivity index (χ3n) is 10.4. The van der Waals surface area contributed by atoms with E-state index in [1.807, 2.05) is 22.7 Å². The zero-order valence-electron chi connectivity index (χ0n) is 27.5. The molecule has 0 spiro atoms. The Labute approximate surface area is 302 Å². The number of benzene rings is 8. The Morgan fingerprint density at radius 1 is 0.333 bits per heavy atom. The predicted octanol–water partition coefficient (Wildman–Crippen LogP) is 14.5. The van der Waals surface area contributed by atoms with Gasteiger partial charge in [0.25, 0.3) is 0 Å². The zero-order chi connectivity index (χ0) is 33.5. The molecule has 0 unspecified atom stereocenters. The molecular weight excluding hydrogens is 655 g/mol. The van der Waals surface area contributed by atoms with Gasteiger partial charge < -0.3 is 4.57 Å². The van der Waals surface area contributed by atoms with Crippen molar-refractivity contribution in [2.24, 2.45) is 0 Å². The highest BCUT2D eigenvalue weighted by Crippen LogP contribution is 2.45. The van der Waals surface area contributed by atoms with E-state index < -0.39 is 0 Å². The standard InChI is InChI=1S/C48H29NS2/c1-2-10-30(11-3-1)32-12-8-13-33(28-32)34-22-27-43-42(29-34)39-25-26-41-38-15-5-7-19-45(38)51-48(41)46(39)49(43)35-23-20-31(21-24-35)36-16-9-17-40-37-14-4-6-18-44(37)50-47(36)40/h1-29H. The van der Waals surface area contributed by atoms with Gasteiger partial charge in [-0.3, -0.25) is 0 Å². The van der Waals surface area contributed by atoms with Gasteiger partial charge in [-0.15, -0.1) is 22.7 Å². The van der Waals surface area contributed by atoms with Crippen LogP contribution in [-0.4, -0.2) is 4.57 Å². The van der Waals surface area contributed by atoms with Crippen molar-refractivity contribution in [2.75, 3.05) is 0 Å². The lowest BCUT2D eigenvalue weighted by Crippen LogP contribution is -1.94. The highest BCUT2D eigenvalue weighted by atomic mass is 32.1. The van der Waals surface area contributed by atoms with Gasteiger partial charge in [0, 0.05) is 52.1 Å². The molecule has 0 aliphatic carbocycles. The molecule has 0 amide bonds. The molecule has 0 aliphatic heterocycles. The fraction of sp³-hybridized carbons (Fsp3) is 0. The SMILES string of the molecule is c1ccc(-c2cccc(-c3ccc4c(c3)c3ccc5c6ccccc6sc5c3n4-c3ccc(-c4cccc5c4sc4ccccc45)cc3)c2)cc1. The number of nitrogens with zero attached hydrogens (tertiary/aromatic N) is 1. The van der Waals surface area contributed by atoms with Crippen molar-refractivity contribution >= 4 is 84.8 Å². The second-order valence-corrected chi connectivity index (χ2v) is 15.4. The monoisotopic (exact) mass is 683 g/mol.